The highest BCUT2D eigenvalue weighted by molar-refractivity contribution is 5.76. The molecular formula is C19H23NO3. The van der Waals surface area contributed by atoms with Crippen LogP contribution in [0.25, 0.3) is 0 Å². The summed E-state index contributed by atoms with van der Waals surface area (Å²) < 4.78 is 5.65. The number of anilines is 1. The Morgan fingerprint density at radius 3 is 2.22 bits per heavy atom. The predicted molar refractivity (Wildman–Crippen MR) is 92.4 cm³/mol. The molecule has 4 nitrogen and oxygen atoms in total. The van der Waals surface area contributed by atoms with Crippen molar-refractivity contribution in [2.24, 2.45) is 0 Å². The highest BCUT2D eigenvalue weighted by Gasteiger charge is 2.20. The molecule has 0 aliphatic carbocycles. The largest absolute Gasteiger partial charge is 0.494 e. The second kappa shape index (κ2) is 7.68. The molecule has 1 unspecified atom stereocenters. The van der Waals surface area contributed by atoms with Crippen LogP contribution in [0.5, 0.6) is 5.75 Å². The monoisotopic (exact) mass is 313 g/mol. The summed E-state index contributed by atoms with van der Waals surface area (Å²) in [6.07, 6.45) is 0.435. The minimum absolute atomic E-state index is 0.370. The van der Waals surface area contributed by atoms with Crippen LogP contribution in [0.2, 0.25) is 0 Å². The summed E-state index contributed by atoms with van der Waals surface area (Å²) in [5, 5.41) is 9.47. The molecule has 0 aliphatic rings. The zero-order valence-electron chi connectivity index (χ0n) is 13.8. The van der Waals surface area contributed by atoms with E-state index in [2.05, 4.69) is 0 Å². The van der Waals surface area contributed by atoms with E-state index in [4.69, 9.17) is 4.74 Å². The number of benzene rings is 2. The van der Waals surface area contributed by atoms with E-state index in [1.807, 2.05) is 74.4 Å². The molecule has 0 aromatic heterocycles. The molecule has 4 heteroatoms. The third kappa shape index (κ3) is 4.74. The van der Waals surface area contributed by atoms with Crippen molar-refractivity contribution in [1.82, 2.24) is 0 Å². The summed E-state index contributed by atoms with van der Waals surface area (Å²) in [5.74, 6) is -0.616. The van der Waals surface area contributed by atoms with E-state index in [0.717, 1.165) is 17.0 Å². The molecule has 122 valence electrons. The average molecular weight is 313 g/mol. The van der Waals surface area contributed by atoms with Crippen molar-refractivity contribution in [1.29, 1.82) is 0 Å². The number of carboxylic acids is 1. The molecule has 0 amide bonds. The summed E-state index contributed by atoms with van der Waals surface area (Å²) >= 11 is 0. The number of aliphatic carboxylic acids is 1. The maximum Gasteiger partial charge on any atom is 0.311 e. The van der Waals surface area contributed by atoms with Crippen molar-refractivity contribution in [2.75, 3.05) is 25.6 Å². The first kappa shape index (κ1) is 16.9. The number of ether oxygens (including phenoxy) is 1. The van der Waals surface area contributed by atoms with Crippen LogP contribution in [-0.2, 0) is 4.79 Å². The number of carbonyl (C=O) groups is 1. The molecule has 2 aromatic rings. The third-order valence-electron chi connectivity index (χ3n) is 3.81. The zero-order valence-corrected chi connectivity index (χ0v) is 13.8. The van der Waals surface area contributed by atoms with E-state index in [0.29, 0.717) is 13.0 Å². The van der Waals surface area contributed by atoms with Crippen molar-refractivity contribution < 1.29 is 14.6 Å². The van der Waals surface area contributed by atoms with Crippen molar-refractivity contribution >= 4 is 11.7 Å². The van der Waals surface area contributed by atoms with Gasteiger partial charge >= 0.3 is 5.97 Å². The van der Waals surface area contributed by atoms with E-state index >= 15 is 0 Å². The van der Waals surface area contributed by atoms with Crippen LogP contribution in [0.1, 0.15) is 23.5 Å². The molecule has 0 saturated heterocycles. The van der Waals surface area contributed by atoms with Gasteiger partial charge in [-0.2, -0.15) is 0 Å². The van der Waals surface area contributed by atoms with Gasteiger partial charge in [0, 0.05) is 19.8 Å². The smallest absolute Gasteiger partial charge is 0.311 e. The molecular weight excluding hydrogens is 290 g/mol. The second-order valence-corrected chi connectivity index (χ2v) is 5.83. The van der Waals surface area contributed by atoms with Crippen LogP contribution >= 0.6 is 0 Å². The summed E-state index contributed by atoms with van der Waals surface area (Å²) in [6, 6.07) is 15.4. The quantitative estimate of drug-likeness (QED) is 0.847. The first-order valence-corrected chi connectivity index (χ1v) is 7.67. The van der Waals surface area contributed by atoms with Gasteiger partial charge in [0.2, 0.25) is 0 Å². The molecule has 0 saturated carbocycles. The van der Waals surface area contributed by atoms with Crippen molar-refractivity contribution in [3.05, 3.63) is 59.7 Å². The maximum absolute atomic E-state index is 11.5. The Morgan fingerprint density at radius 1 is 1.09 bits per heavy atom. The Bertz CT molecular complexity index is 633. The standard InChI is InChI=1S/C19H23NO3/c1-14-4-10-17(11-5-14)23-13-12-18(19(21)22)15-6-8-16(9-7-15)20(2)3/h4-11,18H,12-13H2,1-3H3,(H,21,22). The van der Waals surface area contributed by atoms with Crippen LogP contribution in [0.4, 0.5) is 5.69 Å². The number of hydrogen-bond acceptors (Lipinski definition) is 3. The molecule has 0 aliphatic heterocycles. The topological polar surface area (TPSA) is 49.8 Å². The van der Waals surface area contributed by atoms with Gasteiger partial charge in [-0.3, -0.25) is 4.79 Å². The predicted octanol–water partition coefficient (Wildman–Crippen LogP) is 3.70. The van der Waals surface area contributed by atoms with Gasteiger partial charge < -0.3 is 14.7 Å². The normalized spacial score (nSPS) is 11.8. The number of rotatable bonds is 7. The van der Waals surface area contributed by atoms with E-state index in [9.17, 15) is 9.90 Å². The van der Waals surface area contributed by atoms with Crippen molar-refractivity contribution in [3.8, 4) is 5.75 Å². The lowest BCUT2D eigenvalue weighted by Gasteiger charge is -2.16. The van der Waals surface area contributed by atoms with Crippen molar-refractivity contribution in [3.63, 3.8) is 0 Å². The maximum atomic E-state index is 11.5. The van der Waals surface area contributed by atoms with Gasteiger partial charge in [-0.25, -0.2) is 0 Å². The Balaban J connectivity index is 1.98. The zero-order chi connectivity index (χ0) is 16.8. The molecule has 23 heavy (non-hydrogen) atoms. The number of nitrogens with zero attached hydrogens (tertiary/aromatic N) is 1. The summed E-state index contributed by atoms with van der Waals surface area (Å²) in [4.78, 5) is 13.5. The van der Waals surface area contributed by atoms with E-state index < -0.39 is 11.9 Å². The van der Waals surface area contributed by atoms with E-state index in [-0.39, 0.29) is 0 Å². The summed E-state index contributed by atoms with van der Waals surface area (Å²) in [7, 11) is 3.91. The summed E-state index contributed by atoms with van der Waals surface area (Å²) in [6.45, 7) is 2.39. The van der Waals surface area contributed by atoms with Gasteiger partial charge in [0.15, 0.2) is 0 Å². The molecule has 0 heterocycles. The van der Waals surface area contributed by atoms with Crippen LogP contribution < -0.4 is 9.64 Å². The van der Waals surface area contributed by atoms with Gasteiger partial charge in [-0.05, 0) is 43.2 Å². The minimum atomic E-state index is -0.824. The first-order valence-electron chi connectivity index (χ1n) is 7.67. The lowest BCUT2D eigenvalue weighted by atomic mass is 9.96. The van der Waals surface area contributed by atoms with E-state index in [1.165, 1.54) is 5.56 Å². The van der Waals surface area contributed by atoms with Gasteiger partial charge in [0.25, 0.3) is 0 Å². The molecule has 0 spiro atoms. The molecule has 2 rings (SSSR count). The highest BCUT2D eigenvalue weighted by atomic mass is 16.5. The highest BCUT2D eigenvalue weighted by Crippen LogP contribution is 2.23. The third-order valence-corrected chi connectivity index (χ3v) is 3.81. The second-order valence-electron chi connectivity index (χ2n) is 5.83. The fourth-order valence-corrected chi connectivity index (χ4v) is 2.37. The van der Waals surface area contributed by atoms with Crippen LogP contribution in [-0.4, -0.2) is 31.8 Å². The van der Waals surface area contributed by atoms with E-state index in [1.54, 1.807) is 0 Å². The number of carboxylic acid groups (broad SMARTS) is 1. The number of hydrogen-bond donors (Lipinski definition) is 1. The number of aryl methyl sites for hydroxylation is 1. The Kier molecular flexibility index (Phi) is 5.63. The Hall–Kier alpha value is -2.49. The average Bonchev–Trinajstić information content (AvgIpc) is 2.53. The van der Waals surface area contributed by atoms with Gasteiger partial charge in [0.1, 0.15) is 5.75 Å². The van der Waals surface area contributed by atoms with Crippen molar-refractivity contribution in [2.45, 2.75) is 19.3 Å². The molecule has 0 fully saturated rings. The van der Waals surface area contributed by atoms with Gasteiger partial charge in [-0.15, -0.1) is 0 Å². The van der Waals surface area contributed by atoms with Gasteiger partial charge in [-0.1, -0.05) is 29.8 Å². The fraction of sp³-hybridized carbons (Fsp3) is 0.316. The molecule has 1 atom stereocenters. The Labute approximate surface area is 137 Å². The summed E-state index contributed by atoms with van der Waals surface area (Å²) in [5.41, 5.74) is 3.02. The van der Waals surface area contributed by atoms with Crippen LogP contribution in [0.15, 0.2) is 48.5 Å². The van der Waals surface area contributed by atoms with Crippen LogP contribution in [0, 0.1) is 6.92 Å². The molecule has 2 aromatic carbocycles. The molecule has 0 radical (unpaired) electrons. The Morgan fingerprint density at radius 2 is 1.70 bits per heavy atom. The molecule has 1 N–H and O–H groups in total. The minimum Gasteiger partial charge on any atom is -0.494 e. The van der Waals surface area contributed by atoms with Gasteiger partial charge in [0.05, 0.1) is 12.5 Å². The lowest BCUT2D eigenvalue weighted by Crippen LogP contribution is -2.15. The van der Waals surface area contributed by atoms with Crippen LogP contribution in [0.3, 0.4) is 0 Å². The lowest BCUT2D eigenvalue weighted by molar-refractivity contribution is -0.139. The SMILES string of the molecule is Cc1ccc(OCCC(C(=O)O)c2ccc(N(C)C)cc2)cc1. The first-order chi connectivity index (χ1) is 11.0. The molecule has 0 bridgehead atoms. The fourth-order valence-electron chi connectivity index (χ4n) is 2.37.